The van der Waals surface area contributed by atoms with E-state index in [9.17, 15) is 13.2 Å². The zero-order valence-electron chi connectivity index (χ0n) is 22.3. The Kier molecular flexibility index (Phi) is 9.62. The van der Waals surface area contributed by atoms with Gasteiger partial charge >= 0.3 is 0 Å². The van der Waals surface area contributed by atoms with Gasteiger partial charge in [0.2, 0.25) is 15.9 Å². The van der Waals surface area contributed by atoms with E-state index in [1.807, 2.05) is 30.3 Å². The number of hydrogen-bond acceptors (Lipinski definition) is 5. The first-order chi connectivity index (χ1) is 17.9. The summed E-state index contributed by atoms with van der Waals surface area (Å²) in [6.45, 7) is 8.62. The maximum atomic E-state index is 13.9. The number of carbonyl (C=O) groups is 1. The first-order valence-corrected chi connectivity index (χ1v) is 15.4. The quantitative estimate of drug-likeness (QED) is 0.399. The van der Waals surface area contributed by atoms with Crippen LogP contribution in [0.5, 0.6) is 0 Å². The van der Waals surface area contributed by atoms with Crippen LogP contribution >= 0.6 is 0 Å². The van der Waals surface area contributed by atoms with Crippen molar-refractivity contribution in [3.63, 3.8) is 0 Å². The minimum atomic E-state index is -3.84. The summed E-state index contributed by atoms with van der Waals surface area (Å²) in [5.74, 6) is -0.0714. The molecule has 7 nitrogen and oxygen atoms in total. The highest BCUT2D eigenvalue weighted by Gasteiger charge is 2.30. The summed E-state index contributed by atoms with van der Waals surface area (Å²) in [5.41, 5.74) is 3.50. The first kappa shape index (κ1) is 27.6. The highest BCUT2D eigenvalue weighted by molar-refractivity contribution is 7.89. The number of aryl methyl sites for hydroxylation is 1. The molecule has 0 aromatic heterocycles. The number of fused-ring (bicyclic) bond motifs is 1. The van der Waals surface area contributed by atoms with Crippen LogP contribution in [0.15, 0.2) is 47.4 Å². The van der Waals surface area contributed by atoms with Gasteiger partial charge in [-0.15, -0.1) is 0 Å². The molecule has 0 bridgehead atoms. The molecule has 202 valence electrons. The summed E-state index contributed by atoms with van der Waals surface area (Å²) in [6, 6.07) is 13.2. The van der Waals surface area contributed by atoms with Crippen LogP contribution in [-0.2, 0) is 21.2 Å². The Balaban J connectivity index is 1.59. The fourth-order valence-corrected chi connectivity index (χ4v) is 6.94. The smallest absolute Gasteiger partial charge is 0.243 e. The fourth-order valence-electron chi connectivity index (χ4n) is 5.44. The van der Waals surface area contributed by atoms with Gasteiger partial charge in [0.1, 0.15) is 4.90 Å². The Morgan fingerprint density at radius 1 is 1.00 bits per heavy atom. The van der Waals surface area contributed by atoms with Gasteiger partial charge in [0.25, 0.3) is 0 Å². The highest BCUT2D eigenvalue weighted by Crippen LogP contribution is 2.34. The maximum Gasteiger partial charge on any atom is 0.243 e. The Bertz CT molecular complexity index is 1160. The summed E-state index contributed by atoms with van der Waals surface area (Å²) in [6.07, 6.45) is 7.24. The molecular weight excluding hydrogens is 484 g/mol. The van der Waals surface area contributed by atoms with Crippen molar-refractivity contribution >= 4 is 27.3 Å². The van der Waals surface area contributed by atoms with Crippen molar-refractivity contribution in [1.82, 2.24) is 9.62 Å². The number of amides is 1. The molecule has 2 aromatic carbocycles. The molecule has 4 rings (SSSR count). The van der Waals surface area contributed by atoms with E-state index < -0.39 is 10.0 Å². The normalized spacial score (nSPS) is 18.4. The number of nitrogens with zero attached hydrogens (tertiary/aromatic N) is 2. The number of carbonyl (C=O) groups excluding carboxylic acids is 1. The van der Waals surface area contributed by atoms with Gasteiger partial charge in [-0.3, -0.25) is 4.79 Å². The second kappa shape index (κ2) is 12.9. The van der Waals surface area contributed by atoms with Gasteiger partial charge in [0.15, 0.2) is 0 Å². The van der Waals surface area contributed by atoms with E-state index in [0.29, 0.717) is 17.8 Å². The standard InChI is InChI=1S/C29H42N4O3S/c1-3-5-6-7-15-29(34)30-24-16-17-27(33-20-18-32(4-2)19-21-33)28(22-24)37(35,36)31-26-14-10-12-23-11-8-9-13-25(23)26/h8-9,11,13,16-17,22,26,31H,3-7,10,12,14-15,18-21H2,1-2H3,(H,30,34)/t26-/m0/s1. The summed E-state index contributed by atoms with van der Waals surface area (Å²) in [7, 11) is -3.84. The summed E-state index contributed by atoms with van der Waals surface area (Å²) < 4.78 is 30.8. The second-order valence-corrected chi connectivity index (χ2v) is 11.9. The lowest BCUT2D eigenvalue weighted by Gasteiger charge is -2.36. The number of anilines is 2. The van der Waals surface area contributed by atoms with Crippen LogP contribution in [0.4, 0.5) is 11.4 Å². The van der Waals surface area contributed by atoms with E-state index in [0.717, 1.165) is 83.2 Å². The minimum absolute atomic E-state index is 0.0714. The van der Waals surface area contributed by atoms with Crippen molar-refractivity contribution in [3.8, 4) is 0 Å². The van der Waals surface area contributed by atoms with Crippen molar-refractivity contribution in [3.05, 3.63) is 53.6 Å². The average molecular weight is 527 g/mol. The van der Waals surface area contributed by atoms with Gasteiger partial charge in [-0.1, -0.05) is 57.4 Å². The van der Waals surface area contributed by atoms with Crippen LogP contribution in [0.3, 0.4) is 0 Å². The van der Waals surface area contributed by atoms with Crippen LogP contribution in [0.25, 0.3) is 0 Å². The summed E-state index contributed by atoms with van der Waals surface area (Å²) >= 11 is 0. The predicted molar refractivity (Wildman–Crippen MR) is 151 cm³/mol. The molecule has 1 saturated heterocycles. The molecule has 1 aliphatic heterocycles. The molecule has 8 heteroatoms. The van der Waals surface area contributed by atoms with Crippen LogP contribution in [0.1, 0.15) is 76.0 Å². The lowest BCUT2D eigenvalue weighted by Crippen LogP contribution is -2.46. The fraction of sp³-hybridized carbons (Fsp3) is 0.552. The second-order valence-electron chi connectivity index (χ2n) is 10.2. The highest BCUT2D eigenvalue weighted by atomic mass is 32.2. The Labute approximate surface area is 222 Å². The third kappa shape index (κ3) is 7.12. The molecule has 2 N–H and O–H groups in total. The first-order valence-electron chi connectivity index (χ1n) is 13.9. The molecule has 0 radical (unpaired) electrons. The number of unbranched alkanes of at least 4 members (excludes halogenated alkanes) is 3. The lowest BCUT2D eigenvalue weighted by atomic mass is 9.88. The van der Waals surface area contributed by atoms with E-state index in [1.165, 1.54) is 5.56 Å². The minimum Gasteiger partial charge on any atom is -0.368 e. The van der Waals surface area contributed by atoms with E-state index in [-0.39, 0.29) is 16.8 Å². The molecule has 1 fully saturated rings. The number of hydrogen-bond donors (Lipinski definition) is 2. The van der Waals surface area contributed by atoms with Gasteiger partial charge in [0.05, 0.1) is 5.69 Å². The van der Waals surface area contributed by atoms with Crippen molar-refractivity contribution in [2.45, 2.75) is 76.2 Å². The molecule has 0 spiro atoms. The van der Waals surface area contributed by atoms with Crippen LogP contribution < -0.4 is 14.9 Å². The SMILES string of the molecule is CCCCCCC(=O)Nc1ccc(N2CCN(CC)CC2)c(S(=O)(=O)N[C@H]2CCCc3ccccc32)c1. The van der Waals surface area contributed by atoms with E-state index in [4.69, 9.17) is 0 Å². The van der Waals surface area contributed by atoms with Crippen LogP contribution in [0.2, 0.25) is 0 Å². The lowest BCUT2D eigenvalue weighted by molar-refractivity contribution is -0.116. The third-order valence-electron chi connectivity index (χ3n) is 7.62. The predicted octanol–water partition coefficient (Wildman–Crippen LogP) is 5.09. The topological polar surface area (TPSA) is 81.8 Å². The number of rotatable bonds is 11. The largest absolute Gasteiger partial charge is 0.368 e. The van der Waals surface area contributed by atoms with Crippen LogP contribution in [-0.4, -0.2) is 51.9 Å². The van der Waals surface area contributed by atoms with Crippen molar-refractivity contribution < 1.29 is 13.2 Å². The number of benzene rings is 2. The molecule has 2 aliphatic rings. The monoisotopic (exact) mass is 526 g/mol. The Morgan fingerprint density at radius 3 is 2.54 bits per heavy atom. The molecular formula is C29H42N4O3S. The van der Waals surface area contributed by atoms with Gasteiger partial charge in [-0.05, 0) is 61.6 Å². The Morgan fingerprint density at radius 2 is 1.78 bits per heavy atom. The molecule has 1 aliphatic carbocycles. The number of likely N-dealkylation sites (N-methyl/N-ethyl adjacent to an activating group) is 1. The third-order valence-corrected chi connectivity index (χ3v) is 9.12. The molecule has 37 heavy (non-hydrogen) atoms. The van der Waals surface area contributed by atoms with Gasteiger partial charge in [0, 0.05) is 44.3 Å². The van der Waals surface area contributed by atoms with Gasteiger partial charge in [-0.25, -0.2) is 13.1 Å². The zero-order valence-corrected chi connectivity index (χ0v) is 23.2. The number of piperazine rings is 1. The number of nitrogens with one attached hydrogen (secondary N) is 2. The summed E-state index contributed by atoms with van der Waals surface area (Å²) in [4.78, 5) is 17.3. The average Bonchev–Trinajstić information content (AvgIpc) is 2.91. The van der Waals surface area contributed by atoms with E-state index >= 15 is 0 Å². The number of sulfonamides is 1. The van der Waals surface area contributed by atoms with Gasteiger partial charge in [-0.2, -0.15) is 0 Å². The van der Waals surface area contributed by atoms with Crippen molar-refractivity contribution in [1.29, 1.82) is 0 Å². The molecule has 0 saturated carbocycles. The van der Waals surface area contributed by atoms with Crippen molar-refractivity contribution in [2.24, 2.45) is 0 Å². The van der Waals surface area contributed by atoms with E-state index in [1.54, 1.807) is 6.07 Å². The summed E-state index contributed by atoms with van der Waals surface area (Å²) in [5, 5.41) is 2.94. The van der Waals surface area contributed by atoms with E-state index in [2.05, 4.69) is 39.8 Å². The maximum absolute atomic E-state index is 13.9. The molecule has 1 amide bonds. The van der Waals surface area contributed by atoms with Crippen molar-refractivity contribution in [2.75, 3.05) is 42.9 Å². The molecule has 1 atom stereocenters. The Hall–Kier alpha value is -2.42. The van der Waals surface area contributed by atoms with Crippen LogP contribution in [0, 0.1) is 0 Å². The zero-order chi connectivity index (χ0) is 26.3. The van der Waals surface area contributed by atoms with Gasteiger partial charge < -0.3 is 15.1 Å². The molecule has 1 heterocycles. The molecule has 0 unspecified atom stereocenters. The molecule has 2 aromatic rings.